The first kappa shape index (κ1) is 11.3. The molecule has 1 aromatic heterocycles. The van der Waals surface area contributed by atoms with Crippen LogP contribution in [0.15, 0.2) is 23.4 Å². The molecule has 3 rings (SSSR count). The minimum atomic E-state index is -0.256. The highest BCUT2D eigenvalue weighted by Crippen LogP contribution is 2.37. The van der Waals surface area contributed by atoms with Crippen LogP contribution in [0.5, 0.6) is 0 Å². The second-order valence-electron chi connectivity index (χ2n) is 4.25. The molecule has 5 heteroatoms. The van der Waals surface area contributed by atoms with Crippen LogP contribution in [0.3, 0.4) is 0 Å². The van der Waals surface area contributed by atoms with Crippen molar-refractivity contribution in [2.24, 2.45) is 0 Å². The highest BCUT2D eigenvalue weighted by atomic mass is 32.2. The van der Waals surface area contributed by atoms with Gasteiger partial charge in [-0.05, 0) is 31.0 Å². The van der Waals surface area contributed by atoms with Gasteiger partial charge in [-0.1, -0.05) is 0 Å². The zero-order valence-electron chi connectivity index (χ0n) is 9.97. The van der Waals surface area contributed by atoms with Crippen molar-refractivity contribution >= 4 is 28.5 Å². The minimum Gasteiger partial charge on any atom is -0.354 e. The molecule has 0 fully saturated rings. The molecule has 2 heterocycles. The van der Waals surface area contributed by atoms with Crippen LogP contribution < -0.4 is 5.32 Å². The molecule has 0 bridgehead atoms. The Morgan fingerprint density at radius 3 is 3.17 bits per heavy atom. The summed E-state index contributed by atoms with van der Waals surface area (Å²) in [7, 11) is 0. The lowest BCUT2D eigenvalue weighted by Gasteiger charge is -2.12. The van der Waals surface area contributed by atoms with Crippen LogP contribution in [0.4, 0.5) is 5.82 Å². The van der Waals surface area contributed by atoms with Gasteiger partial charge in [-0.15, -0.1) is 11.8 Å². The first-order chi connectivity index (χ1) is 8.79. The summed E-state index contributed by atoms with van der Waals surface area (Å²) in [6.07, 6.45) is 2.59. The Morgan fingerprint density at radius 1 is 1.44 bits per heavy atom. The molecule has 0 aliphatic carbocycles. The van der Waals surface area contributed by atoms with Crippen molar-refractivity contribution in [1.82, 2.24) is 9.97 Å². The Balaban J connectivity index is 2.20. The number of rotatable bonds is 2. The maximum absolute atomic E-state index is 8.90. The number of benzene rings is 1. The predicted molar refractivity (Wildman–Crippen MR) is 72.7 cm³/mol. The predicted octanol–water partition coefficient (Wildman–Crippen LogP) is 2.60. The normalized spacial score (nSPS) is 15.1. The Labute approximate surface area is 109 Å². The Kier molecular flexibility index (Phi) is 2.80. The van der Waals surface area contributed by atoms with Gasteiger partial charge in [0.05, 0.1) is 11.6 Å². The zero-order chi connectivity index (χ0) is 12.5. The topological polar surface area (TPSA) is 61.6 Å². The van der Waals surface area contributed by atoms with Crippen LogP contribution in [0.25, 0.3) is 10.9 Å². The summed E-state index contributed by atoms with van der Waals surface area (Å²) in [6.45, 7) is 1.83. The number of thioether (sulfide) groups is 1. The molecule has 0 saturated carbocycles. The summed E-state index contributed by atoms with van der Waals surface area (Å²) in [6, 6.07) is 6.06. The maximum Gasteiger partial charge on any atom is 0.138 e. The van der Waals surface area contributed by atoms with Gasteiger partial charge < -0.3 is 5.32 Å². The smallest absolute Gasteiger partial charge is 0.138 e. The van der Waals surface area contributed by atoms with Crippen LogP contribution in [-0.4, -0.2) is 21.8 Å². The van der Waals surface area contributed by atoms with Crippen molar-refractivity contribution in [1.29, 1.82) is 5.26 Å². The monoisotopic (exact) mass is 256 g/mol. The number of aryl methyl sites for hydroxylation is 1. The van der Waals surface area contributed by atoms with Gasteiger partial charge in [-0.25, -0.2) is 9.97 Å². The molecule has 0 saturated heterocycles. The van der Waals surface area contributed by atoms with E-state index in [4.69, 9.17) is 5.26 Å². The van der Waals surface area contributed by atoms with E-state index in [1.807, 2.05) is 24.8 Å². The fourth-order valence-electron chi connectivity index (χ4n) is 2.19. The highest BCUT2D eigenvalue weighted by molar-refractivity contribution is 7.99. The third kappa shape index (κ3) is 1.79. The van der Waals surface area contributed by atoms with E-state index in [0.29, 0.717) is 0 Å². The average Bonchev–Trinajstić information content (AvgIpc) is 2.87. The summed E-state index contributed by atoms with van der Waals surface area (Å²) in [5.41, 5.74) is 2.25. The molecule has 0 spiro atoms. The van der Waals surface area contributed by atoms with Crippen LogP contribution in [0, 0.1) is 11.3 Å². The number of fused-ring (bicyclic) bond motifs is 3. The quantitative estimate of drug-likeness (QED) is 0.895. The summed E-state index contributed by atoms with van der Waals surface area (Å²) >= 11 is 1.87. The van der Waals surface area contributed by atoms with Gasteiger partial charge in [-0.2, -0.15) is 5.26 Å². The number of hydrogen-bond donors (Lipinski definition) is 1. The molecule has 1 aliphatic heterocycles. The van der Waals surface area contributed by atoms with Crippen LogP contribution in [-0.2, 0) is 6.42 Å². The van der Waals surface area contributed by atoms with Gasteiger partial charge in [0.15, 0.2) is 0 Å². The van der Waals surface area contributed by atoms with Crippen LogP contribution in [0.2, 0.25) is 0 Å². The Hall–Kier alpha value is -1.80. The molecule has 1 aliphatic rings. The van der Waals surface area contributed by atoms with E-state index in [9.17, 15) is 0 Å². The van der Waals surface area contributed by atoms with Crippen molar-refractivity contribution in [3.63, 3.8) is 0 Å². The number of hydrogen-bond acceptors (Lipinski definition) is 5. The average molecular weight is 256 g/mol. The molecular formula is C13H12N4S. The summed E-state index contributed by atoms with van der Waals surface area (Å²) in [4.78, 5) is 9.91. The Morgan fingerprint density at radius 2 is 2.33 bits per heavy atom. The molecule has 1 aromatic carbocycles. The molecular weight excluding hydrogens is 244 g/mol. The summed E-state index contributed by atoms with van der Waals surface area (Å²) < 4.78 is 0. The number of aromatic nitrogens is 2. The third-order valence-electron chi connectivity index (χ3n) is 3.02. The highest BCUT2D eigenvalue weighted by Gasteiger charge is 2.18. The van der Waals surface area contributed by atoms with E-state index in [1.54, 1.807) is 6.33 Å². The van der Waals surface area contributed by atoms with Crippen LogP contribution in [0.1, 0.15) is 12.5 Å². The van der Waals surface area contributed by atoms with E-state index < -0.39 is 0 Å². The standard InChI is InChI=1S/C13H12N4S/c1-8(6-14)17-13-12-9-4-5-18-11(9)3-2-10(12)15-7-16-13/h2-3,7-8H,4-5H2,1H3,(H,15,16,17). The van der Waals surface area contributed by atoms with E-state index in [0.717, 1.165) is 28.9 Å². The summed E-state index contributed by atoms with van der Waals surface area (Å²) in [5.74, 6) is 1.88. The largest absolute Gasteiger partial charge is 0.354 e. The van der Waals surface area contributed by atoms with Gasteiger partial charge in [-0.3, -0.25) is 0 Å². The van der Waals surface area contributed by atoms with Gasteiger partial charge in [0.2, 0.25) is 0 Å². The van der Waals surface area contributed by atoms with Gasteiger partial charge in [0, 0.05) is 16.0 Å². The molecule has 0 amide bonds. The number of nitrogens with one attached hydrogen (secondary N) is 1. The first-order valence-corrected chi connectivity index (χ1v) is 6.83. The molecule has 1 unspecified atom stereocenters. The molecule has 18 heavy (non-hydrogen) atoms. The fraction of sp³-hybridized carbons (Fsp3) is 0.308. The van der Waals surface area contributed by atoms with Crippen molar-refractivity contribution in [3.8, 4) is 6.07 Å². The van der Waals surface area contributed by atoms with Gasteiger partial charge in [0.1, 0.15) is 18.2 Å². The van der Waals surface area contributed by atoms with E-state index >= 15 is 0 Å². The maximum atomic E-state index is 8.90. The lowest BCUT2D eigenvalue weighted by molar-refractivity contribution is 0.990. The Bertz CT molecular complexity index is 647. The fourth-order valence-corrected chi connectivity index (χ4v) is 3.26. The first-order valence-electron chi connectivity index (χ1n) is 5.85. The second kappa shape index (κ2) is 4.46. The molecule has 0 radical (unpaired) electrons. The zero-order valence-corrected chi connectivity index (χ0v) is 10.8. The molecule has 2 aromatic rings. The lowest BCUT2D eigenvalue weighted by Crippen LogP contribution is -2.14. The molecule has 4 nitrogen and oxygen atoms in total. The molecule has 1 atom stereocenters. The minimum absolute atomic E-state index is 0.256. The van der Waals surface area contributed by atoms with Crippen molar-refractivity contribution in [3.05, 3.63) is 24.0 Å². The van der Waals surface area contributed by atoms with E-state index in [2.05, 4.69) is 27.4 Å². The van der Waals surface area contributed by atoms with Crippen molar-refractivity contribution in [2.75, 3.05) is 11.1 Å². The van der Waals surface area contributed by atoms with Gasteiger partial charge in [0.25, 0.3) is 0 Å². The van der Waals surface area contributed by atoms with E-state index in [1.165, 1.54) is 10.5 Å². The lowest BCUT2D eigenvalue weighted by atomic mass is 10.1. The second-order valence-corrected chi connectivity index (χ2v) is 5.39. The van der Waals surface area contributed by atoms with E-state index in [-0.39, 0.29) is 6.04 Å². The van der Waals surface area contributed by atoms with Crippen LogP contribution >= 0.6 is 11.8 Å². The number of nitriles is 1. The van der Waals surface area contributed by atoms with Crippen molar-refractivity contribution < 1.29 is 0 Å². The number of anilines is 1. The summed E-state index contributed by atoms with van der Waals surface area (Å²) in [5, 5.41) is 13.1. The third-order valence-corrected chi connectivity index (χ3v) is 4.13. The number of nitrogens with zero attached hydrogens (tertiary/aromatic N) is 3. The molecule has 1 N–H and O–H groups in total. The molecule has 90 valence electrons. The SMILES string of the molecule is CC(C#N)Nc1ncnc2ccc3c(c12)CCS3. The van der Waals surface area contributed by atoms with Gasteiger partial charge >= 0.3 is 0 Å². The van der Waals surface area contributed by atoms with Crippen molar-refractivity contribution in [2.45, 2.75) is 24.3 Å².